The number of hydrogen-bond donors (Lipinski definition) is 2. The van der Waals surface area contributed by atoms with Crippen molar-refractivity contribution in [3.05, 3.63) is 65.2 Å². The minimum atomic E-state index is -0.769. The molecule has 0 radical (unpaired) electrons. The van der Waals surface area contributed by atoms with Gasteiger partial charge in [-0.25, -0.2) is 8.78 Å². The highest BCUT2D eigenvalue weighted by Crippen LogP contribution is 2.42. The molecule has 2 unspecified atom stereocenters. The van der Waals surface area contributed by atoms with E-state index < -0.39 is 6.17 Å². The Labute approximate surface area is 239 Å². The third-order valence-corrected chi connectivity index (χ3v) is 10.2. The van der Waals surface area contributed by atoms with Gasteiger partial charge in [0.05, 0.1) is 23.6 Å². The van der Waals surface area contributed by atoms with E-state index in [4.69, 9.17) is 4.98 Å². The second-order valence-corrected chi connectivity index (χ2v) is 12.8. The Hall–Kier alpha value is -3.23. The van der Waals surface area contributed by atoms with Gasteiger partial charge in [0, 0.05) is 72.9 Å². The van der Waals surface area contributed by atoms with E-state index in [1.807, 2.05) is 6.07 Å². The van der Waals surface area contributed by atoms with E-state index >= 15 is 4.39 Å². The number of fused-ring (bicyclic) bond motifs is 5. The summed E-state index contributed by atoms with van der Waals surface area (Å²) in [6.45, 7) is 4.73. The number of hydrogen-bond acceptors (Lipinski definition) is 6. The van der Waals surface area contributed by atoms with Gasteiger partial charge in [0.25, 0.3) is 0 Å². The molecule has 4 saturated heterocycles. The van der Waals surface area contributed by atoms with Gasteiger partial charge in [-0.1, -0.05) is 18.2 Å². The fourth-order valence-corrected chi connectivity index (χ4v) is 8.35. The molecule has 0 aliphatic carbocycles. The Morgan fingerprint density at radius 2 is 1.88 bits per heavy atom. The van der Waals surface area contributed by atoms with E-state index in [0.29, 0.717) is 48.1 Å². The highest BCUT2D eigenvalue weighted by Gasteiger charge is 2.46. The zero-order valence-electron chi connectivity index (χ0n) is 23.3. The standard InChI is InChI=1S/C33H37F2N5O/c34-22-16-33(9-2-11-40(33)17-22)10-7-23-14-30(39-18-24-5-6-25(19-39)36-24)27-8-12-38(20-29(27)37-23)31-15-26(41)13-21-3-1-4-28(35)32(21)31/h1,3-4,7,10,13-15,22,24-25,36,41H,2,5-6,8-9,11-12,16-20H2/b10-7+/t22-,24?,25?,33-/m1/s1. The monoisotopic (exact) mass is 557 g/mol. The fourth-order valence-electron chi connectivity index (χ4n) is 8.35. The van der Waals surface area contributed by atoms with E-state index in [9.17, 15) is 9.50 Å². The maximum atomic E-state index is 15.1. The molecule has 2 aromatic carbocycles. The van der Waals surface area contributed by atoms with Gasteiger partial charge in [-0.15, -0.1) is 0 Å². The number of phenols is 1. The molecule has 41 heavy (non-hydrogen) atoms. The van der Waals surface area contributed by atoms with Crippen LogP contribution in [0.1, 0.15) is 49.1 Å². The normalized spacial score (nSPS) is 29.6. The first-order valence-electron chi connectivity index (χ1n) is 15.2. The van der Waals surface area contributed by atoms with Gasteiger partial charge in [0.2, 0.25) is 0 Å². The number of benzene rings is 2. The van der Waals surface area contributed by atoms with Crippen molar-refractivity contribution in [2.75, 3.05) is 42.5 Å². The van der Waals surface area contributed by atoms with E-state index in [1.165, 1.54) is 30.2 Å². The number of aromatic nitrogens is 1. The van der Waals surface area contributed by atoms with Crippen LogP contribution < -0.4 is 15.1 Å². The number of aromatic hydroxyl groups is 1. The maximum Gasteiger partial charge on any atom is 0.133 e. The lowest BCUT2D eigenvalue weighted by Gasteiger charge is -2.38. The van der Waals surface area contributed by atoms with Crippen LogP contribution in [0.3, 0.4) is 0 Å². The summed E-state index contributed by atoms with van der Waals surface area (Å²) in [6.07, 6.45) is 9.47. The van der Waals surface area contributed by atoms with Gasteiger partial charge >= 0.3 is 0 Å². The Kier molecular flexibility index (Phi) is 6.01. The largest absolute Gasteiger partial charge is 0.508 e. The Balaban J connectivity index is 1.19. The molecule has 4 atom stereocenters. The molecule has 0 saturated carbocycles. The maximum absolute atomic E-state index is 15.1. The molecule has 3 aromatic rings. The third kappa shape index (κ3) is 4.38. The fraction of sp³-hybridized carbons (Fsp3) is 0.485. The van der Waals surface area contributed by atoms with Crippen molar-refractivity contribution in [2.45, 2.75) is 68.9 Å². The van der Waals surface area contributed by atoms with Gasteiger partial charge in [-0.05, 0) is 68.3 Å². The van der Waals surface area contributed by atoms with Crippen LogP contribution in [0.25, 0.3) is 16.8 Å². The number of phenolic OH excluding ortho intramolecular Hbond substituents is 1. The van der Waals surface area contributed by atoms with Crippen LogP contribution in [0.2, 0.25) is 0 Å². The molecule has 8 rings (SSSR count). The summed E-state index contributed by atoms with van der Waals surface area (Å²) < 4.78 is 29.5. The number of pyridine rings is 1. The lowest BCUT2D eigenvalue weighted by Crippen LogP contribution is -2.51. The van der Waals surface area contributed by atoms with Crippen molar-refractivity contribution in [1.29, 1.82) is 0 Å². The Bertz CT molecular complexity index is 1530. The molecule has 1 aromatic heterocycles. The topological polar surface area (TPSA) is 54.9 Å². The number of anilines is 2. The predicted molar refractivity (Wildman–Crippen MR) is 159 cm³/mol. The molecular formula is C33H37F2N5O. The smallest absolute Gasteiger partial charge is 0.133 e. The summed E-state index contributed by atoms with van der Waals surface area (Å²) in [7, 11) is 0. The van der Waals surface area contributed by atoms with Crippen molar-refractivity contribution < 1.29 is 13.9 Å². The quantitative estimate of drug-likeness (QED) is 0.462. The summed E-state index contributed by atoms with van der Waals surface area (Å²) in [4.78, 5) is 12.2. The Morgan fingerprint density at radius 1 is 1.02 bits per heavy atom. The molecule has 214 valence electrons. The van der Waals surface area contributed by atoms with Crippen molar-refractivity contribution >= 4 is 28.2 Å². The average molecular weight is 558 g/mol. The average Bonchev–Trinajstić information content (AvgIpc) is 3.61. The van der Waals surface area contributed by atoms with E-state index in [0.717, 1.165) is 56.8 Å². The second kappa shape index (κ2) is 9.66. The van der Waals surface area contributed by atoms with Gasteiger partial charge in [0.1, 0.15) is 17.7 Å². The second-order valence-electron chi connectivity index (χ2n) is 12.8. The summed E-state index contributed by atoms with van der Waals surface area (Å²) in [6, 6.07) is 11.6. The molecular weight excluding hydrogens is 520 g/mol. The highest BCUT2D eigenvalue weighted by molar-refractivity contribution is 5.96. The number of alkyl halides is 1. The van der Waals surface area contributed by atoms with Crippen LogP contribution in [0.5, 0.6) is 5.75 Å². The third-order valence-electron chi connectivity index (χ3n) is 10.2. The molecule has 8 heteroatoms. The van der Waals surface area contributed by atoms with Gasteiger partial charge in [0.15, 0.2) is 0 Å². The first-order valence-corrected chi connectivity index (χ1v) is 15.2. The van der Waals surface area contributed by atoms with Crippen molar-refractivity contribution in [3.63, 3.8) is 0 Å². The van der Waals surface area contributed by atoms with E-state index in [1.54, 1.807) is 18.2 Å². The highest BCUT2D eigenvalue weighted by atomic mass is 19.1. The lowest BCUT2D eigenvalue weighted by atomic mass is 9.92. The molecule has 4 fully saturated rings. The first-order chi connectivity index (χ1) is 19.9. The molecule has 5 aliphatic heterocycles. The van der Waals surface area contributed by atoms with E-state index in [-0.39, 0.29) is 17.1 Å². The molecule has 2 N–H and O–H groups in total. The lowest BCUT2D eigenvalue weighted by molar-refractivity contribution is 0.247. The van der Waals surface area contributed by atoms with Gasteiger partial charge < -0.3 is 20.2 Å². The van der Waals surface area contributed by atoms with Crippen LogP contribution in [0.4, 0.5) is 20.2 Å². The van der Waals surface area contributed by atoms with Crippen molar-refractivity contribution in [2.24, 2.45) is 0 Å². The number of nitrogens with one attached hydrogen (secondary N) is 1. The predicted octanol–water partition coefficient (Wildman–Crippen LogP) is 5.17. The van der Waals surface area contributed by atoms with Crippen LogP contribution >= 0.6 is 0 Å². The molecule has 5 aliphatic rings. The molecule has 0 amide bonds. The summed E-state index contributed by atoms with van der Waals surface area (Å²) in [5, 5.41) is 15.5. The zero-order chi connectivity index (χ0) is 27.7. The summed E-state index contributed by atoms with van der Waals surface area (Å²) in [5.41, 5.74) is 4.94. The van der Waals surface area contributed by atoms with Crippen LogP contribution in [-0.2, 0) is 13.0 Å². The molecule has 0 spiro atoms. The molecule has 2 bridgehead atoms. The van der Waals surface area contributed by atoms with Crippen molar-refractivity contribution in [1.82, 2.24) is 15.2 Å². The minimum absolute atomic E-state index is 0.133. The van der Waals surface area contributed by atoms with Gasteiger partial charge in [-0.2, -0.15) is 0 Å². The number of piperazine rings is 1. The van der Waals surface area contributed by atoms with Crippen LogP contribution in [-0.4, -0.2) is 71.5 Å². The minimum Gasteiger partial charge on any atom is -0.508 e. The number of halogens is 2. The number of nitrogens with zero attached hydrogens (tertiary/aromatic N) is 4. The van der Waals surface area contributed by atoms with Crippen LogP contribution in [0, 0.1) is 5.82 Å². The Morgan fingerprint density at radius 3 is 2.73 bits per heavy atom. The SMILES string of the molecule is Oc1cc(N2CCc3c(N4CC5CCC(C4)N5)cc(/C=C/[C@@]45CCCN4C[C@H](F)C5)nc3C2)c2c(F)cccc2c1. The van der Waals surface area contributed by atoms with E-state index in [2.05, 4.69) is 38.2 Å². The molecule has 6 nitrogen and oxygen atoms in total. The first kappa shape index (κ1) is 25.5. The zero-order valence-corrected chi connectivity index (χ0v) is 23.3. The summed E-state index contributed by atoms with van der Waals surface area (Å²) in [5.74, 6) is -0.151. The van der Waals surface area contributed by atoms with Crippen molar-refractivity contribution in [3.8, 4) is 5.75 Å². The molecule has 6 heterocycles. The van der Waals surface area contributed by atoms with Gasteiger partial charge in [-0.3, -0.25) is 9.88 Å². The number of rotatable bonds is 4. The van der Waals surface area contributed by atoms with Crippen LogP contribution in [0.15, 0.2) is 42.5 Å². The summed E-state index contributed by atoms with van der Waals surface area (Å²) >= 11 is 0.